The van der Waals surface area contributed by atoms with Crippen molar-refractivity contribution in [1.29, 1.82) is 0 Å². The van der Waals surface area contributed by atoms with Gasteiger partial charge >= 0.3 is 5.97 Å². The number of rotatable bonds is 8. The maximum absolute atomic E-state index is 12.0. The van der Waals surface area contributed by atoms with Gasteiger partial charge in [0, 0.05) is 4.90 Å². The molecule has 1 aromatic carbocycles. The van der Waals surface area contributed by atoms with E-state index in [1.54, 1.807) is 23.9 Å². The Morgan fingerprint density at radius 3 is 2.22 bits per heavy atom. The molecule has 0 aliphatic carbocycles. The first-order valence-electron chi connectivity index (χ1n) is 7.02. The van der Waals surface area contributed by atoms with E-state index in [0.717, 1.165) is 4.90 Å². The number of thioether (sulfide) groups is 1. The molecule has 0 saturated carbocycles. The molecular weight excluding hydrogens is 338 g/mol. The number of hydrogen-bond acceptors (Lipinski definition) is 5. The van der Waals surface area contributed by atoms with Crippen LogP contribution in [0.25, 0.3) is 0 Å². The SMILES string of the molecule is CSc1ccc(C(CC(=O)O)NC(=O)CS(=O)(=O)C(C)C)cc1. The summed E-state index contributed by atoms with van der Waals surface area (Å²) in [5.41, 5.74) is 0.625. The standard InChI is InChI=1S/C15H21NO5S2/c1-10(2)23(20,21)9-14(17)16-13(8-15(18)19)11-4-6-12(22-3)7-5-11/h4-7,10,13H,8-9H2,1-3H3,(H,16,17)(H,18,19). The Bertz CT molecular complexity index is 653. The largest absolute Gasteiger partial charge is 0.481 e. The highest BCUT2D eigenvalue weighted by molar-refractivity contribution is 7.98. The maximum Gasteiger partial charge on any atom is 0.305 e. The van der Waals surface area contributed by atoms with Crippen molar-refractivity contribution in [3.63, 3.8) is 0 Å². The average molecular weight is 359 g/mol. The zero-order valence-electron chi connectivity index (χ0n) is 13.3. The Hall–Kier alpha value is -1.54. The third kappa shape index (κ3) is 6.23. The number of sulfone groups is 1. The molecule has 0 aliphatic rings. The van der Waals surface area contributed by atoms with E-state index in [0.29, 0.717) is 5.56 Å². The van der Waals surface area contributed by atoms with Crippen LogP contribution >= 0.6 is 11.8 Å². The van der Waals surface area contributed by atoms with Crippen LogP contribution in [0.5, 0.6) is 0 Å². The van der Waals surface area contributed by atoms with E-state index in [9.17, 15) is 18.0 Å². The molecule has 0 radical (unpaired) electrons. The second kappa shape index (κ2) is 8.35. The van der Waals surface area contributed by atoms with Crippen LogP contribution in [0.2, 0.25) is 0 Å². The second-order valence-corrected chi connectivity index (χ2v) is 8.78. The molecule has 0 fully saturated rings. The number of hydrogen-bond donors (Lipinski definition) is 2. The number of carbonyl (C=O) groups excluding carboxylic acids is 1. The maximum atomic E-state index is 12.0. The predicted octanol–water partition coefficient (Wildman–Crippen LogP) is 1.86. The van der Waals surface area contributed by atoms with Gasteiger partial charge in [-0.25, -0.2) is 8.42 Å². The van der Waals surface area contributed by atoms with Gasteiger partial charge in [-0.1, -0.05) is 12.1 Å². The number of carboxylic acid groups (broad SMARTS) is 1. The summed E-state index contributed by atoms with van der Waals surface area (Å²) in [5.74, 6) is -2.42. The summed E-state index contributed by atoms with van der Waals surface area (Å²) in [7, 11) is -3.53. The lowest BCUT2D eigenvalue weighted by atomic mass is 10.0. The number of nitrogens with one attached hydrogen (secondary N) is 1. The van der Waals surface area contributed by atoms with E-state index in [-0.39, 0.29) is 6.42 Å². The van der Waals surface area contributed by atoms with Crippen molar-refractivity contribution in [2.24, 2.45) is 0 Å². The van der Waals surface area contributed by atoms with Gasteiger partial charge in [0.25, 0.3) is 0 Å². The molecule has 0 saturated heterocycles. The lowest BCUT2D eigenvalue weighted by Gasteiger charge is -2.18. The van der Waals surface area contributed by atoms with Gasteiger partial charge in [0.1, 0.15) is 5.75 Å². The van der Waals surface area contributed by atoms with Gasteiger partial charge in [-0.2, -0.15) is 0 Å². The van der Waals surface area contributed by atoms with Crippen LogP contribution < -0.4 is 5.32 Å². The van der Waals surface area contributed by atoms with Crippen molar-refractivity contribution >= 4 is 33.5 Å². The van der Waals surface area contributed by atoms with E-state index in [1.807, 2.05) is 18.4 Å². The fourth-order valence-electron chi connectivity index (χ4n) is 1.85. The van der Waals surface area contributed by atoms with Gasteiger partial charge in [0.2, 0.25) is 5.91 Å². The second-order valence-electron chi connectivity index (χ2n) is 5.35. The van der Waals surface area contributed by atoms with Crippen LogP contribution in [-0.4, -0.2) is 42.7 Å². The molecule has 2 N–H and O–H groups in total. The number of carbonyl (C=O) groups is 2. The van der Waals surface area contributed by atoms with E-state index >= 15 is 0 Å². The van der Waals surface area contributed by atoms with E-state index in [4.69, 9.17) is 5.11 Å². The summed E-state index contributed by atoms with van der Waals surface area (Å²) in [4.78, 5) is 24.0. The molecule has 1 atom stereocenters. The average Bonchev–Trinajstić information content (AvgIpc) is 2.45. The van der Waals surface area contributed by atoms with Crippen molar-refractivity contribution in [2.75, 3.05) is 12.0 Å². The van der Waals surface area contributed by atoms with Crippen molar-refractivity contribution in [2.45, 2.75) is 36.5 Å². The van der Waals surface area contributed by atoms with Crippen LogP contribution in [0.1, 0.15) is 31.9 Å². The molecule has 1 unspecified atom stereocenters. The molecule has 0 heterocycles. The lowest BCUT2D eigenvalue weighted by molar-refractivity contribution is -0.137. The van der Waals surface area contributed by atoms with Crippen molar-refractivity contribution in [3.05, 3.63) is 29.8 Å². The number of amides is 1. The van der Waals surface area contributed by atoms with Crippen LogP contribution in [0.3, 0.4) is 0 Å². The molecule has 23 heavy (non-hydrogen) atoms. The van der Waals surface area contributed by atoms with E-state index in [2.05, 4.69) is 5.32 Å². The lowest BCUT2D eigenvalue weighted by Crippen LogP contribution is -2.36. The summed E-state index contributed by atoms with van der Waals surface area (Å²) in [5, 5.41) is 10.9. The fraction of sp³-hybridized carbons (Fsp3) is 0.467. The summed E-state index contributed by atoms with van der Waals surface area (Å²) < 4.78 is 23.6. The smallest absolute Gasteiger partial charge is 0.305 e. The number of aliphatic carboxylic acids is 1. The van der Waals surface area contributed by atoms with E-state index in [1.165, 1.54) is 13.8 Å². The molecule has 0 spiro atoms. The van der Waals surface area contributed by atoms with Gasteiger partial charge < -0.3 is 10.4 Å². The van der Waals surface area contributed by atoms with E-state index < -0.39 is 38.8 Å². The quantitative estimate of drug-likeness (QED) is 0.687. The van der Waals surface area contributed by atoms with Gasteiger partial charge in [-0.15, -0.1) is 11.8 Å². The zero-order chi connectivity index (χ0) is 17.6. The highest BCUT2D eigenvalue weighted by atomic mass is 32.2. The van der Waals surface area contributed by atoms with Crippen LogP contribution in [0, 0.1) is 0 Å². The molecule has 1 rings (SSSR count). The first-order chi connectivity index (χ1) is 10.7. The minimum atomic E-state index is -3.53. The number of benzene rings is 1. The third-order valence-corrected chi connectivity index (χ3v) is 6.13. The Balaban J connectivity index is 2.90. The van der Waals surface area contributed by atoms with Crippen molar-refractivity contribution in [1.82, 2.24) is 5.32 Å². The highest BCUT2D eigenvalue weighted by Gasteiger charge is 2.24. The Labute approximate surface area is 140 Å². The summed E-state index contributed by atoms with van der Waals surface area (Å²) in [6.45, 7) is 3.00. The van der Waals surface area contributed by atoms with Crippen LogP contribution in [0.15, 0.2) is 29.2 Å². The Morgan fingerprint density at radius 1 is 1.22 bits per heavy atom. The molecule has 0 bridgehead atoms. The highest BCUT2D eigenvalue weighted by Crippen LogP contribution is 2.21. The molecular formula is C15H21NO5S2. The summed E-state index contributed by atoms with van der Waals surface area (Å²) in [6.07, 6.45) is 1.61. The first kappa shape index (κ1) is 19.5. The molecule has 128 valence electrons. The molecule has 1 aromatic rings. The fourth-order valence-corrected chi connectivity index (χ4v) is 3.04. The minimum absolute atomic E-state index is 0.313. The topological polar surface area (TPSA) is 101 Å². The zero-order valence-corrected chi connectivity index (χ0v) is 14.9. The first-order valence-corrected chi connectivity index (χ1v) is 9.96. The molecule has 0 aliphatic heterocycles. The van der Waals surface area contributed by atoms with Gasteiger partial charge in [0.05, 0.1) is 17.7 Å². The molecule has 8 heteroatoms. The normalized spacial score (nSPS) is 12.9. The molecule has 6 nitrogen and oxygen atoms in total. The van der Waals surface area contributed by atoms with Crippen LogP contribution in [-0.2, 0) is 19.4 Å². The predicted molar refractivity (Wildman–Crippen MR) is 90.3 cm³/mol. The van der Waals surface area contributed by atoms with Crippen LogP contribution in [0.4, 0.5) is 0 Å². The molecule has 0 aromatic heterocycles. The van der Waals surface area contributed by atoms with Gasteiger partial charge in [-0.3, -0.25) is 9.59 Å². The monoisotopic (exact) mass is 359 g/mol. The Kier molecular flexibility index (Phi) is 7.08. The van der Waals surface area contributed by atoms with Crippen molar-refractivity contribution < 1.29 is 23.1 Å². The Morgan fingerprint density at radius 2 is 1.78 bits per heavy atom. The van der Waals surface area contributed by atoms with Gasteiger partial charge in [-0.05, 0) is 37.8 Å². The summed E-state index contributed by atoms with van der Waals surface area (Å²) >= 11 is 1.55. The number of carboxylic acids is 1. The van der Waals surface area contributed by atoms with Gasteiger partial charge in [0.15, 0.2) is 9.84 Å². The molecule has 1 amide bonds. The minimum Gasteiger partial charge on any atom is -0.481 e. The summed E-state index contributed by atoms with van der Waals surface area (Å²) in [6, 6.07) is 6.35. The third-order valence-electron chi connectivity index (χ3n) is 3.28. The van der Waals surface area contributed by atoms with Crippen molar-refractivity contribution in [3.8, 4) is 0 Å².